The van der Waals surface area contributed by atoms with Gasteiger partial charge in [-0.25, -0.2) is 0 Å². The molecule has 90 valence electrons. The van der Waals surface area contributed by atoms with Crippen molar-refractivity contribution in [2.24, 2.45) is 5.73 Å². The lowest BCUT2D eigenvalue weighted by atomic mass is 10.2. The maximum Gasteiger partial charge on any atom is 0.0729 e. The van der Waals surface area contributed by atoms with Crippen LogP contribution in [0.4, 0.5) is 5.69 Å². The minimum absolute atomic E-state index is 0.174. The Morgan fingerprint density at radius 1 is 1.41 bits per heavy atom. The Morgan fingerprint density at radius 2 is 2.24 bits per heavy atom. The lowest BCUT2D eigenvalue weighted by Gasteiger charge is -2.17. The summed E-state index contributed by atoms with van der Waals surface area (Å²) in [6, 6.07) is 10.6. The first-order valence-corrected chi connectivity index (χ1v) is 7.13. The van der Waals surface area contributed by atoms with Crippen molar-refractivity contribution in [3.05, 3.63) is 50.6 Å². The summed E-state index contributed by atoms with van der Waals surface area (Å²) in [6.45, 7) is 2.67. The number of nitrogens with two attached hydrogens (primary N) is 1. The highest BCUT2D eigenvalue weighted by atomic mass is 79.9. The SMILES string of the molecule is Cc1cccc(NC(CN)c2cc(Br)cs2)c1. The monoisotopic (exact) mass is 310 g/mol. The van der Waals surface area contributed by atoms with Crippen molar-refractivity contribution in [3.8, 4) is 0 Å². The number of rotatable bonds is 4. The largest absolute Gasteiger partial charge is 0.376 e. The highest BCUT2D eigenvalue weighted by Crippen LogP contribution is 2.27. The number of benzene rings is 1. The van der Waals surface area contributed by atoms with Crippen LogP contribution in [0.2, 0.25) is 0 Å². The van der Waals surface area contributed by atoms with Gasteiger partial charge in [0.1, 0.15) is 0 Å². The van der Waals surface area contributed by atoms with Crippen LogP contribution in [0.1, 0.15) is 16.5 Å². The average Bonchev–Trinajstić information content (AvgIpc) is 2.73. The number of halogens is 1. The summed E-state index contributed by atoms with van der Waals surface area (Å²) in [5.41, 5.74) is 8.19. The maximum absolute atomic E-state index is 5.83. The molecule has 0 aliphatic rings. The van der Waals surface area contributed by atoms with E-state index < -0.39 is 0 Å². The number of hydrogen-bond donors (Lipinski definition) is 2. The van der Waals surface area contributed by atoms with E-state index in [-0.39, 0.29) is 6.04 Å². The van der Waals surface area contributed by atoms with Crippen LogP contribution >= 0.6 is 27.3 Å². The Kier molecular flexibility index (Phi) is 4.20. The zero-order valence-corrected chi connectivity index (χ0v) is 12.0. The van der Waals surface area contributed by atoms with E-state index in [1.54, 1.807) is 11.3 Å². The molecule has 0 bridgehead atoms. The third-order valence-corrected chi connectivity index (χ3v) is 4.33. The van der Waals surface area contributed by atoms with Crippen LogP contribution in [0, 0.1) is 6.92 Å². The number of anilines is 1. The van der Waals surface area contributed by atoms with Crippen molar-refractivity contribution < 1.29 is 0 Å². The van der Waals surface area contributed by atoms with E-state index in [0.717, 1.165) is 10.2 Å². The van der Waals surface area contributed by atoms with Crippen LogP contribution in [0.15, 0.2) is 40.2 Å². The van der Waals surface area contributed by atoms with Gasteiger partial charge >= 0.3 is 0 Å². The zero-order chi connectivity index (χ0) is 12.3. The molecule has 3 N–H and O–H groups in total. The fourth-order valence-electron chi connectivity index (χ4n) is 1.69. The normalized spacial score (nSPS) is 12.4. The van der Waals surface area contributed by atoms with Gasteiger partial charge in [-0.2, -0.15) is 0 Å². The molecule has 4 heteroatoms. The van der Waals surface area contributed by atoms with Gasteiger partial charge in [0.15, 0.2) is 0 Å². The fraction of sp³-hybridized carbons (Fsp3) is 0.231. The zero-order valence-electron chi connectivity index (χ0n) is 9.61. The topological polar surface area (TPSA) is 38.0 Å². The molecule has 1 aromatic carbocycles. The number of thiophene rings is 1. The number of aryl methyl sites for hydroxylation is 1. The molecule has 0 spiro atoms. The van der Waals surface area contributed by atoms with Crippen molar-refractivity contribution in [1.82, 2.24) is 0 Å². The molecule has 0 amide bonds. The van der Waals surface area contributed by atoms with Crippen molar-refractivity contribution in [3.63, 3.8) is 0 Å². The second-order valence-corrected chi connectivity index (χ2v) is 5.83. The van der Waals surface area contributed by atoms with E-state index in [0.29, 0.717) is 6.54 Å². The molecule has 2 nitrogen and oxygen atoms in total. The lowest BCUT2D eigenvalue weighted by Crippen LogP contribution is -2.19. The van der Waals surface area contributed by atoms with E-state index in [1.165, 1.54) is 10.4 Å². The Labute approximate surface area is 114 Å². The summed E-state index contributed by atoms with van der Waals surface area (Å²) in [6.07, 6.45) is 0. The minimum atomic E-state index is 0.174. The third-order valence-electron chi connectivity index (χ3n) is 2.53. The van der Waals surface area contributed by atoms with E-state index in [2.05, 4.69) is 63.9 Å². The Hall–Kier alpha value is -0.840. The third kappa shape index (κ3) is 3.31. The molecule has 1 heterocycles. The van der Waals surface area contributed by atoms with E-state index in [9.17, 15) is 0 Å². The van der Waals surface area contributed by atoms with E-state index >= 15 is 0 Å². The second-order valence-electron chi connectivity index (χ2n) is 3.97. The molecule has 1 unspecified atom stereocenters. The Balaban J connectivity index is 2.15. The summed E-state index contributed by atoms with van der Waals surface area (Å²) in [5.74, 6) is 0. The van der Waals surface area contributed by atoms with Gasteiger partial charge in [-0.1, -0.05) is 12.1 Å². The van der Waals surface area contributed by atoms with Gasteiger partial charge in [0.2, 0.25) is 0 Å². The van der Waals surface area contributed by atoms with E-state index in [1.807, 2.05) is 0 Å². The molecule has 0 fully saturated rings. The smallest absolute Gasteiger partial charge is 0.0729 e. The first-order valence-electron chi connectivity index (χ1n) is 5.46. The van der Waals surface area contributed by atoms with Crippen molar-refractivity contribution >= 4 is 33.0 Å². The minimum Gasteiger partial charge on any atom is -0.376 e. The second kappa shape index (κ2) is 5.67. The molecule has 2 rings (SSSR count). The van der Waals surface area contributed by atoms with Gasteiger partial charge in [0.25, 0.3) is 0 Å². The van der Waals surface area contributed by atoms with Crippen LogP contribution < -0.4 is 11.1 Å². The molecule has 0 saturated heterocycles. The van der Waals surface area contributed by atoms with Gasteiger partial charge in [0.05, 0.1) is 6.04 Å². The van der Waals surface area contributed by atoms with Gasteiger partial charge in [-0.3, -0.25) is 0 Å². The van der Waals surface area contributed by atoms with Gasteiger partial charge in [0, 0.05) is 27.0 Å². The van der Waals surface area contributed by atoms with Gasteiger partial charge in [-0.05, 0) is 46.6 Å². The predicted molar refractivity (Wildman–Crippen MR) is 78.6 cm³/mol. The molecular formula is C13H15BrN2S. The summed E-state index contributed by atoms with van der Waals surface area (Å²) in [5, 5.41) is 5.54. The van der Waals surface area contributed by atoms with Gasteiger partial charge < -0.3 is 11.1 Å². The molecule has 0 aliphatic carbocycles. The van der Waals surface area contributed by atoms with Crippen molar-refractivity contribution in [1.29, 1.82) is 0 Å². The number of hydrogen-bond acceptors (Lipinski definition) is 3. The molecule has 0 aliphatic heterocycles. The predicted octanol–water partition coefficient (Wildman–Crippen LogP) is 3.93. The van der Waals surface area contributed by atoms with Crippen LogP contribution in [0.3, 0.4) is 0 Å². The quantitative estimate of drug-likeness (QED) is 0.898. The lowest BCUT2D eigenvalue weighted by molar-refractivity contribution is 0.805. The summed E-state index contributed by atoms with van der Waals surface area (Å²) >= 11 is 5.18. The van der Waals surface area contributed by atoms with E-state index in [4.69, 9.17) is 5.73 Å². The first kappa shape index (κ1) is 12.6. The van der Waals surface area contributed by atoms with Crippen LogP contribution in [-0.2, 0) is 0 Å². The van der Waals surface area contributed by atoms with Crippen LogP contribution in [0.25, 0.3) is 0 Å². The molecule has 0 saturated carbocycles. The van der Waals surface area contributed by atoms with Gasteiger partial charge in [-0.15, -0.1) is 11.3 Å². The molecule has 0 radical (unpaired) electrons. The molecular weight excluding hydrogens is 296 g/mol. The average molecular weight is 311 g/mol. The summed E-state index contributed by atoms with van der Waals surface area (Å²) in [7, 11) is 0. The summed E-state index contributed by atoms with van der Waals surface area (Å²) in [4.78, 5) is 1.25. The molecule has 17 heavy (non-hydrogen) atoms. The highest BCUT2D eigenvalue weighted by Gasteiger charge is 2.11. The Bertz CT molecular complexity index is 496. The maximum atomic E-state index is 5.83. The first-order chi connectivity index (χ1) is 8.19. The molecule has 2 aromatic rings. The standard InChI is InChI=1S/C13H15BrN2S/c1-9-3-2-4-11(5-9)16-12(7-15)13-6-10(14)8-17-13/h2-6,8,12,16H,7,15H2,1H3. The number of nitrogens with one attached hydrogen (secondary N) is 1. The molecule has 1 atom stereocenters. The van der Waals surface area contributed by atoms with Crippen molar-refractivity contribution in [2.75, 3.05) is 11.9 Å². The fourth-order valence-corrected chi connectivity index (χ4v) is 3.20. The van der Waals surface area contributed by atoms with Crippen LogP contribution in [-0.4, -0.2) is 6.54 Å². The Morgan fingerprint density at radius 3 is 2.82 bits per heavy atom. The highest BCUT2D eigenvalue weighted by molar-refractivity contribution is 9.10. The van der Waals surface area contributed by atoms with Crippen molar-refractivity contribution in [2.45, 2.75) is 13.0 Å². The molecule has 1 aromatic heterocycles. The van der Waals surface area contributed by atoms with Crippen LogP contribution in [0.5, 0.6) is 0 Å². The summed E-state index contributed by atoms with van der Waals surface area (Å²) < 4.78 is 1.11.